The summed E-state index contributed by atoms with van der Waals surface area (Å²) in [5, 5.41) is 3.87. The average molecular weight is 138 g/mol. The van der Waals surface area contributed by atoms with Crippen LogP contribution in [0.15, 0.2) is 6.26 Å². The maximum absolute atomic E-state index is 5.33. The Bertz CT molecular complexity index is 277. The van der Waals surface area contributed by atoms with Crippen LogP contribution in [0.4, 0.5) is 5.95 Å². The van der Waals surface area contributed by atoms with Gasteiger partial charge < -0.3 is 10.5 Å². The van der Waals surface area contributed by atoms with Gasteiger partial charge in [-0.05, 0) is 0 Å². The van der Waals surface area contributed by atoms with Crippen molar-refractivity contribution in [2.45, 2.75) is 6.61 Å². The molecule has 2 rings (SSSR count). The van der Waals surface area contributed by atoms with E-state index in [9.17, 15) is 0 Å². The molecule has 10 heavy (non-hydrogen) atoms. The van der Waals surface area contributed by atoms with Crippen LogP contribution in [0.3, 0.4) is 0 Å². The van der Waals surface area contributed by atoms with E-state index >= 15 is 0 Å². The van der Waals surface area contributed by atoms with E-state index in [1.54, 1.807) is 17.1 Å². The highest BCUT2D eigenvalue weighted by atomic mass is 16.5. The third kappa shape index (κ3) is 0.637. The van der Waals surface area contributed by atoms with Crippen LogP contribution >= 0.6 is 0 Å². The molecule has 0 saturated carbocycles. The minimum Gasteiger partial charge on any atom is -0.492 e. The second-order valence-electron chi connectivity index (χ2n) is 1.93. The number of nitrogen functional groups attached to an aromatic ring is 1. The van der Waals surface area contributed by atoms with Gasteiger partial charge in [0.2, 0.25) is 5.95 Å². The van der Waals surface area contributed by atoms with Gasteiger partial charge in [0, 0.05) is 0 Å². The quantitative estimate of drug-likeness (QED) is 0.540. The minimum absolute atomic E-state index is 0.283. The summed E-state index contributed by atoms with van der Waals surface area (Å²) in [5.41, 5.74) is 5.33. The number of aromatic nitrogens is 3. The van der Waals surface area contributed by atoms with Gasteiger partial charge in [0.25, 0.3) is 0 Å². The molecular formula is C5H6N4O. The maximum Gasteiger partial charge on any atom is 0.240 e. The first-order valence-electron chi connectivity index (χ1n) is 2.85. The molecule has 1 aliphatic rings. The van der Waals surface area contributed by atoms with Crippen molar-refractivity contribution >= 4 is 12.1 Å². The van der Waals surface area contributed by atoms with Crippen molar-refractivity contribution in [3.63, 3.8) is 0 Å². The summed E-state index contributed by atoms with van der Waals surface area (Å²) in [6, 6.07) is 0. The molecule has 0 unspecified atom stereocenters. The molecule has 0 spiro atoms. The first-order chi connectivity index (χ1) is 4.86. The van der Waals surface area contributed by atoms with E-state index in [-0.39, 0.29) is 5.95 Å². The van der Waals surface area contributed by atoms with Gasteiger partial charge in [-0.3, -0.25) is 0 Å². The van der Waals surface area contributed by atoms with Crippen LogP contribution in [0.2, 0.25) is 0 Å². The molecular weight excluding hydrogens is 132 g/mol. The van der Waals surface area contributed by atoms with Crippen molar-refractivity contribution < 1.29 is 4.74 Å². The molecule has 0 saturated heterocycles. The predicted octanol–water partition coefficient (Wildman–Crippen LogP) is -0.181. The zero-order valence-electron chi connectivity index (χ0n) is 5.19. The Labute approximate surface area is 57.1 Å². The molecule has 0 bridgehead atoms. The van der Waals surface area contributed by atoms with Crippen molar-refractivity contribution in [1.29, 1.82) is 0 Å². The van der Waals surface area contributed by atoms with Crippen LogP contribution in [-0.4, -0.2) is 14.8 Å². The molecule has 5 heteroatoms. The van der Waals surface area contributed by atoms with E-state index in [0.717, 1.165) is 5.82 Å². The fourth-order valence-electron chi connectivity index (χ4n) is 0.815. The summed E-state index contributed by atoms with van der Waals surface area (Å²) in [5.74, 6) is 1.02. The molecule has 2 heterocycles. The monoisotopic (exact) mass is 138 g/mol. The molecule has 0 aromatic carbocycles. The maximum atomic E-state index is 5.33. The van der Waals surface area contributed by atoms with E-state index in [2.05, 4.69) is 10.1 Å². The number of fused-ring (bicyclic) bond motifs is 1. The molecule has 0 amide bonds. The molecule has 0 aliphatic carbocycles. The van der Waals surface area contributed by atoms with E-state index in [1.165, 1.54) is 0 Å². The lowest BCUT2D eigenvalue weighted by Gasteiger charge is -2.04. The van der Waals surface area contributed by atoms with Crippen LogP contribution in [0, 0.1) is 0 Å². The van der Waals surface area contributed by atoms with Crippen LogP contribution in [0.1, 0.15) is 5.82 Å². The molecule has 52 valence electrons. The highest BCUT2D eigenvalue weighted by Gasteiger charge is 2.07. The summed E-state index contributed by atoms with van der Waals surface area (Å²) in [4.78, 5) is 3.90. The highest BCUT2D eigenvalue weighted by Crippen LogP contribution is 2.06. The van der Waals surface area contributed by atoms with Crippen LogP contribution in [0.25, 0.3) is 6.20 Å². The molecule has 1 aliphatic heterocycles. The summed E-state index contributed by atoms with van der Waals surface area (Å²) >= 11 is 0. The van der Waals surface area contributed by atoms with Gasteiger partial charge in [0.05, 0.1) is 6.20 Å². The first-order valence-corrected chi connectivity index (χ1v) is 2.85. The molecule has 0 radical (unpaired) electrons. The Morgan fingerprint density at radius 2 is 2.60 bits per heavy atom. The average Bonchev–Trinajstić information content (AvgIpc) is 2.27. The fraction of sp³-hybridized carbons (Fsp3) is 0.200. The smallest absolute Gasteiger partial charge is 0.240 e. The Morgan fingerprint density at radius 3 is 3.40 bits per heavy atom. The Hall–Kier alpha value is -1.52. The number of rotatable bonds is 0. The van der Waals surface area contributed by atoms with Crippen molar-refractivity contribution in [1.82, 2.24) is 14.8 Å². The normalized spacial score (nSPS) is 14.4. The van der Waals surface area contributed by atoms with E-state index in [1.807, 2.05) is 0 Å². The number of hydrogen-bond acceptors (Lipinski definition) is 4. The summed E-state index contributed by atoms with van der Waals surface area (Å²) in [6.45, 7) is 0.445. The zero-order chi connectivity index (χ0) is 6.97. The minimum atomic E-state index is 0.283. The van der Waals surface area contributed by atoms with Gasteiger partial charge in [-0.2, -0.15) is 4.98 Å². The van der Waals surface area contributed by atoms with E-state index < -0.39 is 0 Å². The first kappa shape index (κ1) is 5.28. The van der Waals surface area contributed by atoms with Gasteiger partial charge in [0.15, 0.2) is 5.82 Å². The number of ether oxygens (including phenoxy) is 1. The Morgan fingerprint density at radius 1 is 1.70 bits per heavy atom. The van der Waals surface area contributed by atoms with E-state index in [0.29, 0.717) is 6.61 Å². The number of nitrogens with two attached hydrogens (primary N) is 1. The molecule has 0 atom stereocenters. The third-order valence-corrected chi connectivity index (χ3v) is 1.23. The van der Waals surface area contributed by atoms with Gasteiger partial charge in [-0.15, -0.1) is 5.10 Å². The van der Waals surface area contributed by atoms with Crippen molar-refractivity contribution in [2.75, 3.05) is 5.73 Å². The van der Waals surface area contributed by atoms with Crippen LogP contribution < -0.4 is 5.73 Å². The largest absolute Gasteiger partial charge is 0.492 e. The lowest BCUT2D eigenvalue weighted by molar-refractivity contribution is 0.218. The fourth-order valence-corrected chi connectivity index (χ4v) is 0.815. The van der Waals surface area contributed by atoms with Crippen LogP contribution in [-0.2, 0) is 11.3 Å². The molecule has 5 nitrogen and oxygen atoms in total. The Kier molecular flexibility index (Phi) is 0.913. The summed E-state index contributed by atoms with van der Waals surface area (Å²) in [6.07, 6.45) is 3.23. The summed E-state index contributed by atoms with van der Waals surface area (Å²) in [7, 11) is 0. The lowest BCUT2D eigenvalue weighted by Crippen LogP contribution is -2.03. The third-order valence-electron chi connectivity index (χ3n) is 1.23. The van der Waals surface area contributed by atoms with Gasteiger partial charge in [-0.25, -0.2) is 4.68 Å². The Balaban J connectivity index is 2.53. The van der Waals surface area contributed by atoms with Gasteiger partial charge in [0.1, 0.15) is 12.9 Å². The predicted molar refractivity (Wildman–Crippen MR) is 34.6 cm³/mol. The molecule has 2 N–H and O–H groups in total. The summed E-state index contributed by atoms with van der Waals surface area (Å²) < 4.78 is 6.55. The topological polar surface area (TPSA) is 66.0 Å². The lowest BCUT2D eigenvalue weighted by atomic mass is 10.6. The van der Waals surface area contributed by atoms with Gasteiger partial charge in [-0.1, -0.05) is 0 Å². The van der Waals surface area contributed by atoms with Crippen molar-refractivity contribution in [2.24, 2.45) is 0 Å². The number of anilines is 1. The van der Waals surface area contributed by atoms with Gasteiger partial charge >= 0.3 is 0 Å². The zero-order valence-corrected chi connectivity index (χ0v) is 5.19. The second-order valence-corrected chi connectivity index (χ2v) is 1.93. The molecule has 1 aromatic heterocycles. The van der Waals surface area contributed by atoms with Crippen molar-refractivity contribution in [3.05, 3.63) is 12.1 Å². The number of hydrogen-bond donors (Lipinski definition) is 1. The van der Waals surface area contributed by atoms with Crippen LogP contribution in [0.5, 0.6) is 0 Å². The van der Waals surface area contributed by atoms with Crippen molar-refractivity contribution in [3.8, 4) is 0 Å². The highest BCUT2D eigenvalue weighted by molar-refractivity contribution is 5.26. The number of nitrogens with zero attached hydrogens (tertiary/aromatic N) is 3. The SMILES string of the molecule is Nc1nc2n(n1)C=COC2. The standard InChI is InChI=1S/C5H6N4O/c6-5-7-4-3-10-2-1-9(4)8-5/h1-2H,3H2,(H2,6,8). The van der Waals surface area contributed by atoms with E-state index in [4.69, 9.17) is 10.5 Å². The molecule has 1 aromatic rings. The molecule has 0 fully saturated rings. The second kappa shape index (κ2) is 1.73.